The lowest BCUT2D eigenvalue weighted by Crippen LogP contribution is -2.17. The van der Waals surface area contributed by atoms with Crippen LogP contribution >= 0.6 is 0 Å². The quantitative estimate of drug-likeness (QED) is 0.615. The highest BCUT2D eigenvalue weighted by atomic mass is 32.2. The minimum absolute atomic E-state index is 0.0203. The molecule has 0 bridgehead atoms. The van der Waals surface area contributed by atoms with E-state index in [1.807, 2.05) is 0 Å². The van der Waals surface area contributed by atoms with E-state index in [0.717, 1.165) is 6.07 Å². The number of hydrogen-bond acceptors (Lipinski definition) is 7. The molecular formula is C18H17F3N6O2S. The van der Waals surface area contributed by atoms with Crippen molar-refractivity contribution < 1.29 is 21.6 Å². The number of nitrogens with zero attached hydrogens (tertiary/aromatic N) is 6. The molecule has 0 fully saturated rings. The van der Waals surface area contributed by atoms with Crippen LogP contribution in [0, 0.1) is 11.3 Å². The highest BCUT2D eigenvalue weighted by molar-refractivity contribution is 7.91. The second-order valence-corrected chi connectivity index (χ2v) is 9.39. The summed E-state index contributed by atoms with van der Waals surface area (Å²) in [5.74, 6) is -0.216. The molecule has 0 aliphatic rings. The first-order valence-electron chi connectivity index (χ1n) is 8.74. The molecule has 0 N–H and O–H groups in total. The predicted octanol–water partition coefficient (Wildman–Crippen LogP) is 3.04. The van der Waals surface area contributed by atoms with Crippen LogP contribution in [0.2, 0.25) is 0 Å². The fraction of sp³-hybridized carbons (Fsp3) is 0.389. The van der Waals surface area contributed by atoms with Gasteiger partial charge in [0, 0.05) is 19.3 Å². The van der Waals surface area contributed by atoms with E-state index in [1.165, 1.54) is 30.8 Å². The van der Waals surface area contributed by atoms with Crippen LogP contribution in [-0.2, 0) is 28.5 Å². The Hall–Kier alpha value is -3.07. The molecule has 0 unspecified atom stereocenters. The highest BCUT2D eigenvalue weighted by Gasteiger charge is 2.34. The standard InChI is InChI=1S/C18H17F3N6O2S/c1-5-30(28,29)12-6-10(17(2,3)9-22)8-23-14(12)16-24-11-7-13(18(19,20)21)25-26-15(11)27(16)4/h6-8H,5H2,1-4H3. The predicted molar refractivity (Wildman–Crippen MR) is 101 cm³/mol. The number of sulfone groups is 1. The molecule has 12 heteroatoms. The van der Waals surface area contributed by atoms with Gasteiger partial charge >= 0.3 is 6.18 Å². The molecule has 0 saturated carbocycles. The Labute approximate surface area is 170 Å². The summed E-state index contributed by atoms with van der Waals surface area (Å²) in [6.07, 6.45) is -3.34. The van der Waals surface area contributed by atoms with Crippen LogP contribution < -0.4 is 0 Å². The number of aryl methyl sites for hydroxylation is 1. The molecule has 0 aliphatic heterocycles. The van der Waals surface area contributed by atoms with Crippen molar-refractivity contribution in [2.24, 2.45) is 7.05 Å². The summed E-state index contributed by atoms with van der Waals surface area (Å²) in [6.45, 7) is 4.70. The zero-order valence-electron chi connectivity index (χ0n) is 16.5. The number of aromatic nitrogens is 5. The van der Waals surface area contributed by atoms with Crippen LogP contribution in [0.3, 0.4) is 0 Å². The van der Waals surface area contributed by atoms with E-state index in [9.17, 15) is 26.9 Å². The van der Waals surface area contributed by atoms with Gasteiger partial charge in [-0.25, -0.2) is 13.4 Å². The van der Waals surface area contributed by atoms with Gasteiger partial charge in [-0.3, -0.25) is 4.98 Å². The van der Waals surface area contributed by atoms with Crippen molar-refractivity contribution in [3.63, 3.8) is 0 Å². The van der Waals surface area contributed by atoms with Gasteiger partial charge in [0.05, 0.1) is 22.1 Å². The van der Waals surface area contributed by atoms with Crippen molar-refractivity contribution in [3.8, 4) is 17.6 Å². The zero-order valence-corrected chi connectivity index (χ0v) is 17.3. The summed E-state index contributed by atoms with van der Waals surface area (Å²) in [4.78, 5) is 8.21. The molecule has 3 aromatic heterocycles. The number of alkyl halides is 3. The first-order chi connectivity index (χ1) is 13.8. The van der Waals surface area contributed by atoms with Gasteiger partial charge in [0.2, 0.25) is 0 Å². The summed E-state index contributed by atoms with van der Waals surface area (Å²) in [7, 11) is -2.32. The van der Waals surface area contributed by atoms with Crippen molar-refractivity contribution >= 4 is 21.0 Å². The number of fused-ring (bicyclic) bond motifs is 1. The molecule has 3 heterocycles. The molecule has 0 spiro atoms. The summed E-state index contributed by atoms with van der Waals surface area (Å²) in [6, 6.07) is 4.19. The Bertz CT molecular complexity index is 1290. The van der Waals surface area contributed by atoms with E-state index in [4.69, 9.17) is 0 Å². The molecule has 0 aliphatic carbocycles. The Morgan fingerprint density at radius 2 is 1.87 bits per heavy atom. The molecule has 8 nitrogen and oxygen atoms in total. The van der Waals surface area contributed by atoms with Crippen LogP contribution in [0.4, 0.5) is 13.2 Å². The van der Waals surface area contributed by atoms with Gasteiger partial charge in [0.1, 0.15) is 11.2 Å². The number of pyridine rings is 1. The van der Waals surface area contributed by atoms with Gasteiger partial charge in [-0.2, -0.15) is 18.4 Å². The fourth-order valence-corrected chi connectivity index (χ4v) is 3.80. The first kappa shape index (κ1) is 21.6. The van der Waals surface area contributed by atoms with Crippen LogP contribution in [0.5, 0.6) is 0 Å². The molecule has 0 aromatic carbocycles. The van der Waals surface area contributed by atoms with Gasteiger partial charge in [0.25, 0.3) is 0 Å². The normalized spacial score (nSPS) is 12.9. The SMILES string of the molecule is CCS(=O)(=O)c1cc(C(C)(C)C#N)cnc1-c1nc2cc(C(F)(F)F)nnc2n1C. The summed E-state index contributed by atoms with van der Waals surface area (Å²) in [5.41, 5.74) is -1.91. The molecule has 30 heavy (non-hydrogen) atoms. The topological polar surface area (TPSA) is 114 Å². The molecular weight excluding hydrogens is 421 g/mol. The molecule has 158 valence electrons. The monoisotopic (exact) mass is 438 g/mol. The van der Waals surface area contributed by atoms with E-state index in [0.29, 0.717) is 5.56 Å². The Balaban J connectivity index is 2.31. The lowest BCUT2D eigenvalue weighted by Gasteiger charge is -2.18. The minimum atomic E-state index is -4.70. The smallest absolute Gasteiger partial charge is 0.309 e. The maximum atomic E-state index is 12.9. The van der Waals surface area contributed by atoms with Crippen LogP contribution in [0.1, 0.15) is 32.0 Å². The first-order valence-corrected chi connectivity index (χ1v) is 10.4. The van der Waals surface area contributed by atoms with Crippen LogP contribution in [-0.4, -0.2) is 38.9 Å². The second kappa shape index (κ2) is 7.02. The van der Waals surface area contributed by atoms with Gasteiger partial charge in [-0.15, -0.1) is 10.2 Å². The van der Waals surface area contributed by atoms with Crippen molar-refractivity contribution in [2.45, 2.75) is 37.3 Å². The lowest BCUT2D eigenvalue weighted by molar-refractivity contribution is -0.141. The average Bonchev–Trinajstić information content (AvgIpc) is 3.02. The molecule has 0 atom stereocenters. The maximum absolute atomic E-state index is 12.9. The van der Waals surface area contributed by atoms with Crippen molar-refractivity contribution in [1.82, 2.24) is 24.7 Å². The van der Waals surface area contributed by atoms with Crippen molar-refractivity contribution in [2.75, 3.05) is 5.75 Å². The van der Waals surface area contributed by atoms with E-state index < -0.39 is 27.1 Å². The second-order valence-electron chi connectivity index (χ2n) is 7.14. The van der Waals surface area contributed by atoms with E-state index in [-0.39, 0.29) is 33.3 Å². The van der Waals surface area contributed by atoms with Gasteiger partial charge in [-0.1, -0.05) is 6.92 Å². The third kappa shape index (κ3) is 3.60. The number of nitriles is 1. The molecule has 0 amide bonds. The maximum Gasteiger partial charge on any atom is 0.435 e. The molecule has 3 aromatic rings. The van der Waals surface area contributed by atoms with Crippen molar-refractivity contribution in [1.29, 1.82) is 5.26 Å². The number of hydrogen-bond donors (Lipinski definition) is 0. The van der Waals surface area contributed by atoms with Gasteiger partial charge < -0.3 is 4.57 Å². The summed E-state index contributed by atoms with van der Waals surface area (Å²) >= 11 is 0. The van der Waals surface area contributed by atoms with E-state index >= 15 is 0 Å². The molecule has 0 radical (unpaired) electrons. The number of imidazole rings is 1. The molecule has 3 rings (SSSR count). The summed E-state index contributed by atoms with van der Waals surface area (Å²) in [5, 5.41) is 16.1. The Morgan fingerprint density at radius 1 is 1.20 bits per heavy atom. The lowest BCUT2D eigenvalue weighted by atomic mass is 9.87. The van der Waals surface area contributed by atoms with Gasteiger partial charge in [0.15, 0.2) is 27.0 Å². The Morgan fingerprint density at radius 3 is 2.43 bits per heavy atom. The highest BCUT2D eigenvalue weighted by Crippen LogP contribution is 2.33. The zero-order chi connectivity index (χ0) is 22.5. The van der Waals surface area contributed by atoms with Crippen molar-refractivity contribution in [3.05, 3.63) is 29.6 Å². The molecule has 0 saturated heterocycles. The number of halogens is 3. The largest absolute Gasteiger partial charge is 0.435 e. The number of rotatable bonds is 4. The third-order valence-electron chi connectivity index (χ3n) is 4.69. The van der Waals surface area contributed by atoms with Crippen LogP contribution in [0.25, 0.3) is 22.7 Å². The van der Waals surface area contributed by atoms with E-state index in [2.05, 4.69) is 26.2 Å². The fourth-order valence-electron chi connectivity index (χ4n) is 2.75. The summed E-state index contributed by atoms with van der Waals surface area (Å²) < 4.78 is 65.6. The van der Waals surface area contributed by atoms with E-state index in [1.54, 1.807) is 13.8 Å². The average molecular weight is 438 g/mol. The van der Waals surface area contributed by atoms with Gasteiger partial charge in [-0.05, 0) is 25.5 Å². The third-order valence-corrected chi connectivity index (χ3v) is 6.43. The minimum Gasteiger partial charge on any atom is -0.309 e. The Kier molecular flexibility index (Phi) is 5.06. The van der Waals surface area contributed by atoms with Crippen LogP contribution in [0.15, 0.2) is 23.2 Å².